The molecule has 0 aliphatic carbocycles. The fraction of sp³-hybridized carbons (Fsp3) is 0.700. The lowest BCUT2D eigenvalue weighted by Gasteiger charge is -2.23. The molecule has 0 aliphatic heterocycles. The maximum Gasteiger partial charge on any atom is 0.0952 e. The molecule has 2 N–H and O–H groups in total. The van der Waals surface area contributed by atoms with Crippen molar-refractivity contribution in [3.63, 3.8) is 0 Å². The van der Waals surface area contributed by atoms with E-state index in [1.807, 2.05) is 12.5 Å². The van der Waals surface area contributed by atoms with Crippen molar-refractivity contribution in [2.75, 3.05) is 13.7 Å². The van der Waals surface area contributed by atoms with Crippen molar-refractivity contribution in [2.45, 2.75) is 26.4 Å². The van der Waals surface area contributed by atoms with Crippen LogP contribution in [0.2, 0.25) is 0 Å². The largest absolute Gasteiger partial charge is 0.383 e. The van der Waals surface area contributed by atoms with Gasteiger partial charge in [0.2, 0.25) is 0 Å². The molecule has 1 rings (SSSR count). The van der Waals surface area contributed by atoms with Crippen LogP contribution in [0.4, 0.5) is 0 Å². The molecular weight excluding hydrogens is 178 g/mol. The average Bonchev–Trinajstić information content (AvgIpc) is 2.61. The number of aromatic nitrogens is 2. The molecule has 0 aromatic carbocycles. The zero-order valence-corrected chi connectivity index (χ0v) is 9.10. The van der Waals surface area contributed by atoms with Gasteiger partial charge in [-0.3, -0.25) is 0 Å². The molecule has 0 aliphatic rings. The van der Waals surface area contributed by atoms with E-state index in [4.69, 9.17) is 10.5 Å². The minimum atomic E-state index is 0.320. The van der Waals surface area contributed by atoms with Crippen molar-refractivity contribution < 1.29 is 4.74 Å². The maximum atomic E-state index is 5.63. The predicted molar refractivity (Wildman–Crippen MR) is 55.9 cm³/mol. The van der Waals surface area contributed by atoms with Gasteiger partial charge < -0.3 is 15.0 Å². The summed E-state index contributed by atoms with van der Waals surface area (Å²) < 4.78 is 7.30. The van der Waals surface area contributed by atoms with Gasteiger partial charge in [0.05, 0.1) is 24.7 Å². The third-order valence-corrected chi connectivity index (χ3v) is 2.42. The molecule has 1 atom stereocenters. The highest BCUT2D eigenvalue weighted by molar-refractivity contribution is 5.00. The van der Waals surface area contributed by atoms with E-state index < -0.39 is 0 Å². The first kappa shape index (κ1) is 11.2. The van der Waals surface area contributed by atoms with Crippen LogP contribution >= 0.6 is 0 Å². The van der Waals surface area contributed by atoms with Gasteiger partial charge in [-0.2, -0.15) is 0 Å². The normalized spacial score (nSPS) is 13.5. The molecule has 1 aromatic heterocycles. The lowest BCUT2D eigenvalue weighted by Crippen LogP contribution is -2.22. The first-order valence-electron chi connectivity index (χ1n) is 4.90. The summed E-state index contributed by atoms with van der Waals surface area (Å²) in [7, 11) is 1.72. The van der Waals surface area contributed by atoms with E-state index in [1.165, 1.54) is 0 Å². The Morgan fingerprint density at radius 2 is 2.29 bits per heavy atom. The molecular formula is C10H19N3O. The molecule has 80 valence electrons. The van der Waals surface area contributed by atoms with Crippen molar-refractivity contribution in [1.29, 1.82) is 0 Å². The second kappa shape index (κ2) is 5.12. The van der Waals surface area contributed by atoms with Gasteiger partial charge in [-0.15, -0.1) is 0 Å². The third-order valence-electron chi connectivity index (χ3n) is 2.42. The first-order valence-corrected chi connectivity index (χ1v) is 4.90. The van der Waals surface area contributed by atoms with Crippen molar-refractivity contribution in [3.05, 3.63) is 18.2 Å². The lowest BCUT2D eigenvalue weighted by molar-refractivity contribution is 0.132. The van der Waals surface area contributed by atoms with Crippen LogP contribution in [0.15, 0.2) is 12.5 Å². The van der Waals surface area contributed by atoms with Crippen LogP contribution in [-0.2, 0) is 11.3 Å². The van der Waals surface area contributed by atoms with Crippen LogP contribution in [0.5, 0.6) is 0 Å². The Hall–Kier alpha value is -0.870. The van der Waals surface area contributed by atoms with Crippen LogP contribution in [0.25, 0.3) is 0 Å². The van der Waals surface area contributed by atoms with E-state index in [0.717, 1.165) is 5.69 Å². The third kappa shape index (κ3) is 2.33. The van der Waals surface area contributed by atoms with Gasteiger partial charge in [0.1, 0.15) is 0 Å². The Balaban J connectivity index is 2.86. The second-order valence-corrected chi connectivity index (χ2v) is 3.76. The fourth-order valence-corrected chi connectivity index (χ4v) is 1.55. The van der Waals surface area contributed by atoms with Crippen molar-refractivity contribution in [3.8, 4) is 0 Å². The van der Waals surface area contributed by atoms with E-state index in [9.17, 15) is 0 Å². The van der Waals surface area contributed by atoms with Gasteiger partial charge >= 0.3 is 0 Å². The summed E-state index contributed by atoms with van der Waals surface area (Å²) in [6.45, 7) is 5.56. The lowest BCUT2D eigenvalue weighted by atomic mass is 10.1. The van der Waals surface area contributed by atoms with Crippen molar-refractivity contribution >= 4 is 0 Å². The highest BCUT2D eigenvalue weighted by Gasteiger charge is 2.17. The topological polar surface area (TPSA) is 53.1 Å². The summed E-state index contributed by atoms with van der Waals surface area (Å²) in [5.41, 5.74) is 6.68. The van der Waals surface area contributed by atoms with Crippen molar-refractivity contribution in [1.82, 2.24) is 9.55 Å². The smallest absolute Gasteiger partial charge is 0.0952 e. The molecule has 1 aromatic rings. The number of methoxy groups -OCH3 is 1. The molecule has 0 fully saturated rings. The monoisotopic (exact) mass is 197 g/mol. The fourth-order valence-electron chi connectivity index (χ4n) is 1.55. The minimum absolute atomic E-state index is 0.320. The maximum absolute atomic E-state index is 5.63. The Morgan fingerprint density at radius 3 is 2.79 bits per heavy atom. The summed E-state index contributed by atoms with van der Waals surface area (Å²) in [4.78, 5) is 4.11. The molecule has 0 saturated carbocycles. The SMILES string of the molecule is COCC(C(C)C)n1cncc1CN. The Kier molecular flexibility index (Phi) is 4.10. The summed E-state index contributed by atoms with van der Waals surface area (Å²) in [5.74, 6) is 0.509. The van der Waals surface area contributed by atoms with Crippen LogP contribution in [0, 0.1) is 5.92 Å². The van der Waals surface area contributed by atoms with Crippen LogP contribution in [0.3, 0.4) is 0 Å². The Labute approximate surface area is 85.1 Å². The van der Waals surface area contributed by atoms with Gasteiger partial charge in [0.15, 0.2) is 0 Å². The highest BCUT2D eigenvalue weighted by atomic mass is 16.5. The number of ether oxygens (including phenoxy) is 1. The number of rotatable bonds is 5. The quantitative estimate of drug-likeness (QED) is 0.771. The molecule has 0 saturated heterocycles. The van der Waals surface area contributed by atoms with Gasteiger partial charge in [0, 0.05) is 19.9 Å². The first-order chi connectivity index (χ1) is 6.70. The Morgan fingerprint density at radius 1 is 1.57 bits per heavy atom. The highest BCUT2D eigenvalue weighted by Crippen LogP contribution is 2.19. The summed E-state index contributed by atoms with van der Waals surface area (Å²) in [6, 6.07) is 0.320. The number of nitrogens with zero attached hydrogens (tertiary/aromatic N) is 2. The molecule has 0 spiro atoms. The summed E-state index contributed by atoms with van der Waals surface area (Å²) in [5, 5.41) is 0. The minimum Gasteiger partial charge on any atom is -0.383 e. The number of hydrogen-bond donors (Lipinski definition) is 1. The summed E-state index contributed by atoms with van der Waals surface area (Å²) in [6.07, 6.45) is 3.64. The molecule has 4 heteroatoms. The zero-order valence-electron chi connectivity index (χ0n) is 9.10. The van der Waals surface area contributed by atoms with Crippen LogP contribution in [0.1, 0.15) is 25.6 Å². The molecule has 4 nitrogen and oxygen atoms in total. The van der Waals surface area contributed by atoms with Crippen molar-refractivity contribution in [2.24, 2.45) is 11.7 Å². The molecule has 0 radical (unpaired) electrons. The van der Waals surface area contributed by atoms with Crippen LogP contribution in [-0.4, -0.2) is 23.3 Å². The van der Waals surface area contributed by atoms with Gasteiger partial charge in [0.25, 0.3) is 0 Å². The number of nitrogens with two attached hydrogens (primary N) is 1. The number of imidazole rings is 1. The zero-order chi connectivity index (χ0) is 10.6. The van der Waals surface area contributed by atoms with Gasteiger partial charge in [-0.25, -0.2) is 4.98 Å². The van der Waals surface area contributed by atoms with E-state index in [-0.39, 0.29) is 0 Å². The Bertz CT molecular complexity index is 270. The molecule has 0 bridgehead atoms. The summed E-state index contributed by atoms with van der Waals surface area (Å²) >= 11 is 0. The molecule has 1 heterocycles. The molecule has 1 unspecified atom stereocenters. The molecule has 0 amide bonds. The van der Waals surface area contributed by atoms with Gasteiger partial charge in [-0.1, -0.05) is 13.8 Å². The van der Waals surface area contributed by atoms with Crippen LogP contribution < -0.4 is 5.73 Å². The van der Waals surface area contributed by atoms with Gasteiger partial charge in [-0.05, 0) is 5.92 Å². The second-order valence-electron chi connectivity index (χ2n) is 3.76. The van der Waals surface area contributed by atoms with E-state index >= 15 is 0 Å². The van der Waals surface area contributed by atoms with E-state index in [0.29, 0.717) is 25.1 Å². The number of hydrogen-bond acceptors (Lipinski definition) is 3. The molecule has 14 heavy (non-hydrogen) atoms. The average molecular weight is 197 g/mol. The van der Waals surface area contributed by atoms with E-state index in [2.05, 4.69) is 23.4 Å². The van der Waals surface area contributed by atoms with E-state index in [1.54, 1.807) is 7.11 Å². The predicted octanol–water partition coefficient (Wildman–Crippen LogP) is 1.19. The standard InChI is InChI=1S/C10H19N3O/c1-8(2)10(6-14-3)13-7-12-5-9(13)4-11/h5,7-8,10H,4,6,11H2,1-3H3.